The van der Waals surface area contributed by atoms with Crippen LogP contribution in [0.1, 0.15) is 50.7 Å². The molecular formula is C25H29F3O4. The number of carbonyl (C=O) groups excluding carboxylic acids is 2. The van der Waals surface area contributed by atoms with E-state index < -0.39 is 23.2 Å². The number of halogens is 3. The molecule has 0 spiro atoms. The largest absolute Gasteiger partial charge is 0.463 e. The minimum Gasteiger partial charge on any atom is -0.463 e. The van der Waals surface area contributed by atoms with Crippen molar-refractivity contribution in [2.45, 2.75) is 51.3 Å². The normalized spacial score (nSPS) is 15.0. The van der Waals surface area contributed by atoms with Crippen LogP contribution < -0.4 is 0 Å². The number of hydrogen-bond acceptors (Lipinski definition) is 4. The number of ether oxygens (including phenoxy) is 2. The molecule has 0 aromatic heterocycles. The molecule has 2 aromatic rings. The maximum atomic E-state index is 14.0. The van der Waals surface area contributed by atoms with Gasteiger partial charge in [0.15, 0.2) is 0 Å². The van der Waals surface area contributed by atoms with Gasteiger partial charge in [-0.3, -0.25) is 4.79 Å². The molecule has 0 amide bonds. The first-order valence-electron chi connectivity index (χ1n) is 10.4. The third-order valence-corrected chi connectivity index (χ3v) is 5.41. The summed E-state index contributed by atoms with van der Waals surface area (Å²) in [6.45, 7) is 5.15. The number of rotatable bonds is 9. The van der Waals surface area contributed by atoms with Crippen LogP contribution in [0.2, 0.25) is 0 Å². The molecule has 0 aliphatic rings. The summed E-state index contributed by atoms with van der Waals surface area (Å²) in [5.41, 5.74) is -3.28. The molecule has 0 saturated heterocycles. The summed E-state index contributed by atoms with van der Waals surface area (Å²) in [6.07, 6.45) is -4.64. The number of esters is 1. The molecule has 0 bridgehead atoms. The minimum absolute atomic E-state index is 0.0171. The lowest BCUT2D eigenvalue weighted by Gasteiger charge is -2.32. The molecule has 32 heavy (non-hydrogen) atoms. The Morgan fingerprint density at radius 3 is 1.91 bits per heavy atom. The van der Waals surface area contributed by atoms with Crippen molar-refractivity contribution in [3.63, 3.8) is 0 Å². The van der Waals surface area contributed by atoms with Crippen LogP contribution in [-0.4, -0.2) is 31.6 Å². The van der Waals surface area contributed by atoms with E-state index in [0.29, 0.717) is 0 Å². The summed E-state index contributed by atoms with van der Waals surface area (Å²) >= 11 is 0. The average Bonchev–Trinajstić information content (AvgIpc) is 2.73. The monoisotopic (exact) mass is 450 g/mol. The molecule has 174 valence electrons. The Morgan fingerprint density at radius 1 is 0.906 bits per heavy atom. The van der Waals surface area contributed by atoms with Crippen molar-refractivity contribution in [3.8, 4) is 0 Å². The van der Waals surface area contributed by atoms with Gasteiger partial charge in [-0.1, -0.05) is 81.4 Å². The van der Waals surface area contributed by atoms with Crippen LogP contribution in [0.25, 0.3) is 0 Å². The lowest BCUT2D eigenvalue weighted by atomic mass is 9.82. The van der Waals surface area contributed by atoms with Gasteiger partial charge in [0, 0.05) is 24.5 Å². The van der Waals surface area contributed by atoms with Crippen LogP contribution in [-0.2, 0) is 24.7 Å². The summed E-state index contributed by atoms with van der Waals surface area (Å²) in [4.78, 5) is 25.3. The van der Waals surface area contributed by atoms with Gasteiger partial charge in [-0.15, -0.1) is 0 Å². The van der Waals surface area contributed by atoms with Crippen LogP contribution in [0, 0.1) is 5.41 Å². The Kier molecular flexibility index (Phi) is 8.24. The summed E-state index contributed by atoms with van der Waals surface area (Å²) in [7, 11) is 0.830. The molecule has 7 heteroatoms. The highest BCUT2D eigenvalue weighted by Gasteiger charge is 2.64. The smallest absolute Gasteiger partial charge is 0.432 e. The number of hydrogen-bond donors (Lipinski definition) is 0. The fraction of sp³-hybridized carbons (Fsp3) is 0.440. The molecule has 4 nitrogen and oxygen atoms in total. The highest BCUT2D eigenvalue weighted by Crippen LogP contribution is 2.43. The van der Waals surface area contributed by atoms with Crippen molar-refractivity contribution in [1.29, 1.82) is 0 Å². The summed E-state index contributed by atoms with van der Waals surface area (Å²) in [6, 6.07) is 15.9. The van der Waals surface area contributed by atoms with Crippen molar-refractivity contribution < 1.29 is 32.2 Å². The fourth-order valence-electron chi connectivity index (χ4n) is 3.42. The maximum Gasteiger partial charge on any atom is 0.432 e. The molecule has 2 aromatic carbocycles. The highest BCUT2D eigenvalue weighted by atomic mass is 19.4. The van der Waals surface area contributed by atoms with E-state index in [4.69, 9.17) is 9.47 Å². The van der Waals surface area contributed by atoms with Crippen LogP contribution in [0.15, 0.2) is 60.7 Å². The summed E-state index contributed by atoms with van der Waals surface area (Å²) in [5, 5.41) is 0. The van der Waals surface area contributed by atoms with Crippen LogP contribution in [0.5, 0.6) is 0 Å². The van der Waals surface area contributed by atoms with Gasteiger partial charge in [-0.05, 0) is 17.9 Å². The Hall–Kier alpha value is -2.67. The lowest BCUT2D eigenvalue weighted by molar-refractivity contribution is -0.276. The maximum absolute atomic E-state index is 14.0. The van der Waals surface area contributed by atoms with Crippen molar-refractivity contribution in [2.75, 3.05) is 13.7 Å². The first-order valence-corrected chi connectivity index (χ1v) is 10.4. The Morgan fingerprint density at radius 2 is 1.44 bits per heavy atom. The van der Waals surface area contributed by atoms with Gasteiger partial charge < -0.3 is 9.47 Å². The first kappa shape index (κ1) is 25.6. The van der Waals surface area contributed by atoms with Gasteiger partial charge in [-0.25, -0.2) is 4.79 Å². The van der Waals surface area contributed by atoms with E-state index in [2.05, 4.69) is 0 Å². The highest BCUT2D eigenvalue weighted by molar-refractivity contribution is 5.84. The van der Waals surface area contributed by atoms with E-state index in [-0.39, 0.29) is 36.7 Å². The number of alkyl halides is 3. The molecule has 0 aliphatic carbocycles. The number of benzene rings is 2. The first-order chi connectivity index (χ1) is 14.9. The molecule has 0 fully saturated rings. The van der Waals surface area contributed by atoms with Gasteiger partial charge in [0.2, 0.25) is 0 Å². The molecule has 0 saturated carbocycles. The van der Waals surface area contributed by atoms with Gasteiger partial charge in [0.1, 0.15) is 5.78 Å². The van der Waals surface area contributed by atoms with Crippen molar-refractivity contribution in [3.05, 3.63) is 71.8 Å². The number of carbonyl (C=O) groups is 2. The number of methoxy groups -OCH3 is 1. The van der Waals surface area contributed by atoms with E-state index in [0.717, 1.165) is 12.7 Å². The second-order valence-corrected chi connectivity index (χ2v) is 8.66. The topological polar surface area (TPSA) is 52.6 Å². The van der Waals surface area contributed by atoms with Crippen molar-refractivity contribution >= 4 is 11.8 Å². The van der Waals surface area contributed by atoms with E-state index in [1.165, 1.54) is 24.3 Å². The number of Topliss-reactive ketones (excluding diaryl/α,β-unsaturated/α-hetero) is 1. The van der Waals surface area contributed by atoms with Crippen LogP contribution in [0.4, 0.5) is 13.2 Å². The SMILES string of the molecule is CO[C@@](C(=O)OCC[C@H](CC(=O)C(C)(C)C)c1ccccc1)(c1ccccc1)C(F)(F)F. The van der Waals surface area contributed by atoms with E-state index in [9.17, 15) is 22.8 Å². The lowest BCUT2D eigenvalue weighted by Crippen LogP contribution is -2.51. The third kappa shape index (κ3) is 5.76. The van der Waals surface area contributed by atoms with Crippen LogP contribution >= 0.6 is 0 Å². The zero-order chi connectivity index (χ0) is 24.0. The molecule has 2 atom stereocenters. The average molecular weight is 450 g/mol. The molecule has 0 unspecified atom stereocenters. The van der Waals surface area contributed by atoms with E-state index >= 15 is 0 Å². The van der Waals surface area contributed by atoms with Gasteiger partial charge in [0.25, 0.3) is 5.60 Å². The summed E-state index contributed by atoms with van der Waals surface area (Å²) < 4.78 is 51.8. The third-order valence-electron chi connectivity index (χ3n) is 5.41. The van der Waals surface area contributed by atoms with Gasteiger partial charge >= 0.3 is 12.1 Å². The molecular weight excluding hydrogens is 421 g/mol. The second-order valence-electron chi connectivity index (χ2n) is 8.66. The van der Waals surface area contributed by atoms with Gasteiger partial charge in [-0.2, -0.15) is 13.2 Å². The molecule has 0 aliphatic heterocycles. The van der Waals surface area contributed by atoms with Gasteiger partial charge in [0.05, 0.1) is 6.61 Å². The Bertz CT molecular complexity index is 889. The molecule has 2 rings (SSSR count). The fourth-order valence-corrected chi connectivity index (χ4v) is 3.42. The zero-order valence-electron chi connectivity index (χ0n) is 18.7. The predicted octanol–water partition coefficient (Wildman–Crippen LogP) is 5.81. The Labute approximate surface area is 186 Å². The summed E-state index contributed by atoms with van der Waals surface area (Å²) in [5.74, 6) is -1.81. The number of ketones is 1. The molecule has 0 heterocycles. The molecule has 0 radical (unpaired) electrons. The Balaban J connectivity index is 2.21. The zero-order valence-corrected chi connectivity index (χ0v) is 18.7. The predicted molar refractivity (Wildman–Crippen MR) is 115 cm³/mol. The standard InChI is InChI=1S/C25H29F3O4/c1-23(2,3)21(29)17-19(18-11-7-5-8-12-18)15-16-32-22(30)24(31-4,25(26,27)28)20-13-9-6-10-14-20/h5-14,19H,15-17H2,1-4H3/t19-,24-/m1/s1. The molecule has 0 N–H and O–H groups in total. The van der Waals surface area contributed by atoms with Crippen LogP contribution in [0.3, 0.4) is 0 Å². The second kappa shape index (κ2) is 10.3. The van der Waals surface area contributed by atoms with E-state index in [1.54, 1.807) is 6.07 Å². The minimum atomic E-state index is -5.03. The quantitative estimate of drug-likeness (QED) is 0.452. The van der Waals surface area contributed by atoms with E-state index in [1.807, 2.05) is 51.1 Å². The van der Waals surface area contributed by atoms with Crippen molar-refractivity contribution in [2.24, 2.45) is 5.41 Å². The van der Waals surface area contributed by atoms with Crippen molar-refractivity contribution in [1.82, 2.24) is 0 Å².